The van der Waals surface area contributed by atoms with Gasteiger partial charge in [-0.2, -0.15) is 8.78 Å². The van der Waals surface area contributed by atoms with Crippen molar-refractivity contribution < 1.29 is 23.0 Å². The number of carbonyl (C=O) groups excluding carboxylic acids is 1. The van der Waals surface area contributed by atoms with Gasteiger partial charge in [-0.15, -0.1) is 0 Å². The van der Waals surface area contributed by atoms with Gasteiger partial charge in [0.2, 0.25) is 0 Å². The zero-order chi connectivity index (χ0) is 14.0. The third-order valence-electron chi connectivity index (χ3n) is 3.03. The van der Waals surface area contributed by atoms with Crippen molar-refractivity contribution in [1.82, 2.24) is 0 Å². The lowest BCUT2D eigenvalue weighted by Crippen LogP contribution is -2.29. The summed E-state index contributed by atoms with van der Waals surface area (Å²) < 4.78 is 36.2. The summed E-state index contributed by atoms with van der Waals surface area (Å²) in [5.74, 6) is -4.09. The van der Waals surface area contributed by atoms with E-state index in [2.05, 4.69) is 0 Å². The van der Waals surface area contributed by atoms with Gasteiger partial charge in [0.15, 0.2) is 0 Å². The molecule has 0 saturated carbocycles. The Hall–Kier alpha value is -1.91. The van der Waals surface area contributed by atoms with Crippen molar-refractivity contribution in [3.63, 3.8) is 0 Å². The van der Waals surface area contributed by atoms with Crippen LogP contribution in [0.5, 0.6) is 5.75 Å². The van der Waals surface area contributed by atoms with Crippen LogP contribution in [-0.2, 0) is 16.0 Å². The molecule has 0 bridgehead atoms. The van der Waals surface area contributed by atoms with Gasteiger partial charge in [0.25, 0.3) is 0 Å². The van der Waals surface area contributed by atoms with Crippen LogP contribution < -0.4 is 4.74 Å². The minimum Gasteiger partial charge on any atom is -0.497 e. The molecular weight excluding hydrogens is 254 g/mol. The number of ether oxygens (including phenoxy) is 2. The number of benzene rings is 1. The van der Waals surface area contributed by atoms with E-state index < -0.39 is 18.3 Å². The third kappa shape index (κ3) is 2.59. The lowest BCUT2D eigenvalue weighted by Gasteiger charge is -2.14. The normalized spacial score (nSPS) is 13.8. The summed E-state index contributed by atoms with van der Waals surface area (Å²) in [6.07, 6.45) is 1.58. The largest absolute Gasteiger partial charge is 0.497 e. The van der Waals surface area contributed by atoms with E-state index in [1.54, 1.807) is 31.4 Å². The second kappa shape index (κ2) is 4.99. The molecule has 0 N–H and O–H groups in total. The number of methoxy groups -OCH3 is 1. The molecule has 5 heteroatoms. The first kappa shape index (κ1) is 13.5. The minimum absolute atomic E-state index is 0.191. The van der Waals surface area contributed by atoms with Crippen molar-refractivity contribution in [2.45, 2.75) is 25.7 Å². The molecule has 0 aliphatic heterocycles. The number of alkyl halides is 2. The molecule has 0 fully saturated rings. The van der Waals surface area contributed by atoms with E-state index in [1.807, 2.05) is 0 Å². The number of halogens is 2. The van der Waals surface area contributed by atoms with Gasteiger partial charge in [-0.25, -0.2) is 4.79 Å². The van der Waals surface area contributed by atoms with E-state index in [4.69, 9.17) is 9.47 Å². The number of hydrogen-bond donors (Lipinski definition) is 0. The first-order valence-electron chi connectivity index (χ1n) is 5.95. The first-order chi connectivity index (χ1) is 8.97. The maximum atomic E-state index is 13.2. The molecule has 0 aromatic heterocycles. The van der Waals surface area contributed by atoms with Gasteiger partial charge in [0, 0.05) is 12.0 Å². The van der Waals surface area contributed by atoms with Gasteiger partial charge >= 0.3 is 11.9 Å². The Labute approximate surface area is 109 Å². The molecule has 0 heterocycles. The molecule has 19 heavy (non-hydrogen) atoms. The van der Waals surface area contributed by atoms with E-state index in [0.29, 0.717) is 17.7 Å². The van der Waals surface area contributed by atoms with Crippen LogP contribution >= 0.6 is 0 Å². The number of carbonyl (C=O) groups is 1. The fourth-order valence-electron chi connectivity index (χ4n) is 1.83. The van der Waals surface area contributed by atoms with Gasteiger partial charge in [0.05, 0.1) is 7.11 Å². The smallest absolute Gasteiger partial charge is 0.382 e. The van der Waals surface area contributed by atoms with E-state index >= 15 is 0 Å². The molecular formula is C14H14F2O3. The highest BCUT2D eigenvalue weighted by atomic mass is 19.3. The Bertz CT molecular complexity index is 535. The highest BCUT2D eigenvalue weighted by Crippen LogP contribution is 2.33. The Morgan fingerprint density at radius 1 is 1.42 bits per heavy atom. The van der Waals surface area contributed by atoms with Crippen LogP contribution in [0.3, 0.4) is 0 Å². The number of esters is 1. The molecule has 1 aliphatic carbocycles. The van der Waals surface area contributed by atoms with Gasteiger partial charge in [-0.3, -0.25) is 0 Å². The number of rotatable bonds is 4. The van der Waals surface area contributed by atoms with Crippen molar-refractivity contribution in [3.05, 3.63) is 35.4 Å². The van der Waals surface area contributed by atoms with Crippen molar-refractivity contribution in [3.8, 4) is 5.75 Å². The molecule has 0 amide bonds. The number of allylic oxidation sites excluding steroid dienone is 1. The van der Waals surface area contributed by atoms with Crippen molar-refractivity contribution in [2.24, 2.45) is 0 Å². The maximum Gasteiger partial charge on any atom is 0.382 e. The quantitative estimate of drug-likeness (QED) is 0.787. The molecule has 0 spiro atoms. The highest BCUT2D eigenvalue weighted by Gasteiger charge is 2.39. The Kier molecular flexibility index (Phi) is 3.55. The first-order valence-corrected chi connectivity index (χ1v) is 5.95. The predicted octanol–water partition coefficient (Wildman–Crippen LogP) is 3.18. The zero-order valence-electron chi connectivity index (χ0n) is 10.7. The molecule has 0 atom stereocenters. The van der Waals surface area contributed by atoms with Crippen molar-refractivity contribution in [1.29, 1.82) is 0 Å². The monoisotopic (exact) mass is 268 g/mol. The average molecular weight is 268 g/mol. The molecule has 3 nitrogen and oxygen atoms in total. The second-order valence-electron chi connectivity index (χ2n) is 4.24. The SMILES string of the molecule is CCC(F)(F)C(=O)OC1=CCc2cc(OC)ccc21. The number of fused-ring (bicyclic) bond motifs is 1. The van der Waals surface area contributed by atoms with E-state index in [-0.39, 0.29) is 5.76 Å². The van der Waals surface area contributed by atoms with Crippen LogP contribution in [0, 0.1) is 0 Å². The minimum atomic E-state index is -3.45. The summed E-state index contributed by atoms with van der Waals surface area (Å²) in [5.41, 5.74) is 1.54. The summed E-state index contributed by atoms with van der Waals surface area (Å²) in [6, 6.07) is 5.19. The van der Waals surface area contributed by atoms with Crippen LogP contribution in [0.4, 0.5) is 8.78 Å². The molecule has 0 saturated heterocycles. The van der Waals surface area contributed by atoms with Gasteiger partial charge in [0.1, 0.15) is 11.5 Å². The lowest BCUT2D eigenvalue weighted by atomic mass is 10.1. The second-order valence-corrected chi connectivity index (χ2v) is 4.24. The van der Waals surface area contributed by atoms with Crippen LogP contribution in [0.15, 0.2) is 24.3 Å². The van der Waals surface area contributed by atoms with E-state index in [1.165, 1.54) is 6.92 Å². The van der Waals surface area contributed by atoms with Gasteiger partial charge in [-0.05, 0) is 36.3 Å². The van der Waals surface area contributed by atoms with Crippen LogP contribution in [0.1, 0.15) is 24.5 Å². The summed E-state index contributed by atoms with van der Waals surface area (Å²) in [5, 5.41) is 0. The summed E-state index contributed by atoms with van der Waals surface area (Å²) in [6.45, 7) is 1.24. The zero-order valence-corrected chi connectivity index (χ0v) is 10.7. The fraction of sp³-hybridized carbons (Fsp3) is 0.357. The van der Waals surface area contributed by atoms with E-state index in [9.17, 15) is 13.6 Å². The summed E-state index contributed by atoms with van der Waals surface area (Å²) in [4.78, 5) is 11.3. The van der Waals surface area contributed by atoms with Gasteiger partial charge < -0.3 is 9.47 Å². The maximum absolute atomic E-state index is 13.2. The fourth-order valence-corrected chi connectivity index (χ4v) is 1.83. The molecule has 0 unspecified atom stereocenters. The highest BCUT2D eigenvalue weighted by molar-refractivity contribution is 5.85. The molecule has 102 valence electrons. The standard InChI is InChI=1S/C14H14F2O3/c1-3-14(15,16)13(17)19-12-7-4-9-8-10(18-2)5-6-11(9)12/h5-8H,3-4H2,1-2H3. The Morgan fingerprint density at radius 3 is 2.79 bits per heavy atom. The van der Waals surface area contributed by atoms with E-state index in [0.717, 1.165) is 5.56 Å². The lowest BCUT2D eigenvalue weighted by molar-refractivity contribution is -0.164. The average Bonchev–Trinajstić information content (AvgIpc) is 2.81. The predicted molar refractivity (Wildman–Crippen MR) is 66.0 cm³/mol. The van der Waals surface area contributed by atoms with Gasteiger partial charge in [-0.1, -0.05) is 6.92 Å². The Balaban J connectivity index is 2.17. The molecule has 1 aromatic carbocycles. The summed E-state index contributed by atoms with van der Waals surface area (Å²) >= 11 is 0. The molecule has 0 radical (unpaired) electrons. The summed E-state index contributed by atoms with van der Waals surface area (Å²) in [7, 11) is 1.55. The van der Waals surface area contributed by atoms with Crippen molar-refractivity contribution >= 4 is 11.7 Å². The molecule has 1 aliphatic rings. The Morgan fingerprint density at radius 2 is 2.16 bits per heavy atom. The van der Waals surface area contributed by atoms with Crippen LogP contribution in [0.25, 0.3) is 5.76 Å². The number of hydrogen-bond acceptors (Lipinski definition) is 3. The third-order valence-corrected chi connectivity index (χ3v) is 3.03. The molecule has 2 rings (SSSR count). The van der Waals surface area contributed by atoms with Crippen LogP contribution in [0.2, 0.25) is 0 Å². The van der Waals surface area contributed by atoms with Crippen molar-refractivity contribution in [2.75, 3.05) is 7.11 Å². The molecule has 1 aromatic rings. The van der Waals surface area contributed by atoms with Crippen LogP contribution in [-0.4, -0.2) is 19.0 Å². The topological polar surface area (TPSA) is 35.5 Å².